The minimum Gasteiger partial charge on any atom is -0.493 e. The Bertz CT molecular complexity index is 4810. The third-order valence-corrected chi connectivity index (χ3v) is 18.3. The minimum absolute atomic E-state index is 0.0536. The van der Waals surface area contributed by atoms with Crippen LogP contribution in [0, 0.1) is 5.41 Å². The van der Waals surface area contributed by atoms with Gasteiger partial charge in [-0.25, -0.2) is 29.9 Å². The van der Waals surface area contributed by atoms with Crippen molar-refractivity contribution >= 4 is 73.7 Å². The van der Waals surface area contributed by atoms with E-state index in [9.17, 15) is 14.4 Å². The normalized spacial score (nSPS) is 14.5. The first-order valence-corrected chi connectivity index (χ1v) is 34.0. The second-order valence-electron chi connectivity index (χ2n) is 25.4. The van der Waals surface area contributed by atoms with Crippen molar-refractivity contribution in [1.82, 2.24) is 84.3 Å². The Morgan fingerprint density at radius 2 is 1.07 bits per heavy atom. The van der Waals surface area contributed by atoms with Gasteiger partial charge < -0.3 is 64.3 Å². The summed E-state index contributed by atoms with van der Waals surface area (Å²) in [6.07, 6.45) is 12.0. The molecule has 0 saturated carbocycles. The number of fused-ring (bicyclic) bond motifs is 3. The zero-order valence-electron chi connectivity index (χ0n) is 57.3. The number of aromatic amines is 3. The Balaban J connectivity index is 0.000000137. The lowest BCUT2D eigenvalue weighted by Gasteiger charge is -2.40. The molecule has 3 aliphatic heterocycles. The standard InChI is InChI=1S/C30H34N6O3.C24H25N7O.C22H22N6O2/c1-3-30(18-38-19-30)20-39-23-6-8-31-26(17-23)25-7-9-32-28(34-25)15-21-4-5-24-22(14-21)16-27(33-24)29(37)36-12-10-35(2)11-13-36;1-2-30-11-13-31(14-12-30)23(32)22-16-17-15-18(6-7-19(17)28-22)27-24-26-10-8-21(29-24)20-5-3-4-9-25-20;1-28(11-12-30-2)21(29)20-14-15-13-16(6-7-17(15)26-20)25-22-24-10-8-19(27-22)18-5-3-4-9-23-18/h4-9,14,16-17,33H,3,10-13,15,18-20H2,1-2H3;3-10,15-16,28H,2,11-14H2,1H3,(H,26,27,29);3-10,13-14,26H,11-12H2,1-2H3,(H,24,25,27). The van der Waals surface area contributed by atoms with Crippen molar-refractivity contribution in [2.45, 2.75) is 26.7 Å². The number of H-pyrrole nitrogens is 3. The van der Waals surface area contributed by atoms with Gasteiger partial charge in [-0.05, 0) is 141 Å². The fourth-order valence-electron chi connectivity index (χ4n) is 12.1. The van der Waals surface area contributed by atoms with Crippen LogP contribution >= 0.6 is 0 Å². The van der Waals surface area contributed by atoms with Gasteiger partial charge in [-0.1, -0.05) is 32.0 Å². The lowest BCUT2D eigenvalue weighted by molar-refractivity contribution is -0.133. The number of ether oxygens (including phenoxy) is 3. The van der Waals surface area contributed by atoms with Crippen LogP contribution in [0.1, 0.15) is 63.1 Å². The zero-order valence-corrected chi connectivity index (χ0v) is 57.3. The van der Waals surface area contributed by atoms with Gasteiger partial charge in [-0.3, -0.25) is 29.3 Å². The highest BCUT2D eigenvalue weighted by molar-refractivity contribution is 6.00. The number of methoxy groups -OCH3 is 1. The van der Waals surface area contributed by atoms with Gasteiger partial charge in [0.1, 0.15) is 28.7 Å². The number of likely N-dealkylation sites (N-methyl/N-ethyl adjacent to an activating group) is 3. The van der Waals surface area contributed by atoms with Gasteiger partial charge in [0.2, 0.25) is 11.9 Å². The lowest BCUT2D eigenvalue weighted by Crippen LogP contribution is -2.48. The molecular weight excluding hydrogens is 1270 g/mol. The number of pyridine rings is 3. The van der Waals surface area contributed by atoms with Crippen LogP contribution in [0.5, 0.6) is 5.75 Å². The van der Waals surface area contributed by atoms with Crippen molar-refractivity contribution in [2.24, 2.45) is 5.41 Å². The summed E-state index contributed by atoms with van der Waals surface area (Å²) < 4.78 is 16.5. The number of anilines is 4. The molecule has 0 bridgehead atoms. The van der Waals surface area contributed by atoms with Gasteiger partial charge >= 0.3 is 0 Å². The molecule has 101 heavy (non-hydrogen) atoms. The Morgan fingerprint density at radius 3 is 1.61 bits per heavy atom. The molecule has 3 aliphatic rings. The minimum atomic E-state index is -0.0795. The number of hydrogen-bond acceptors (Lipinski definition) is 19. The van der Waals surface area contributed by atoms with Crippen molar-refractivity contribution in [3.8, 4) is 39.9 Å². The molecule has 0 atom stereocenters. The van der Waals surface area contributed by atoms with Gasteiger partial charge in [-0.2, -0.15) is 0 Å². The van der Waals surface area contributed by atoms with Crippen molar-refractivity contribution in [3.05, 3.63) is 205 Å². The number of rotatable bonds is 20. The summed E-state index contributed by atoms with van der Waals surface area (Å²) in [6, 6.07) is 44.3. The van der Waals surface area contributed by atoms with Crippen molar-refractivity contribution in [1.29, 1.82) is 0 Å². The fourth-order valence-corrected chi connectivity index (χ4v) is 12.1. The number of carbonyl (C=O) groups is 3. The quantitative estimate of drug-likeness (QED) is 0.0474. The van der Waals surface area contributed by atoms with E-state index >= 15 is 0 Å². The number of carbonyl (C=O) groups excluding carboxylic acids is 3. The first-order valence-electron chi connectivity index (χ1n) is 34.0. The van der Waals surface area contributed by atoms with Crippen LogP contribution in [0.2, 0.25) is 0 Å². The molecule has 516 valence electrons. The SMILES string of the molecule is CCC1(COc2ccnc(-c3ccnc(Cc4ccc5[nH]c(C(=O)N6CCN(C)CC6)cc5c4)n3)c2)COC1.CCN1CCN(C(=O)c2cc3cc(Nc4nccc(-c5ccccn5)n4)ccc3[nH]2)CC1.COCCN(C)C(=O)c1cc2cc(Nc3nccc(-c4ccccn4)n3)ccc2[nH]1. The summed E-state index contributed by atoms with van der Waals surface area (Å²) in [5.41, 5.74) is 12.0. The lowest BCUT2D eigenvalue weighted by atomic mass is 9.84. The molecule has 0 spiro atoms. The van der Waals surface area contributed by atoms with Gasteiger partial charge in [-0.15, -0.1) is 0 Å². The Morgan fingerprint density at radius 1 is 0.545 bits per heavy atom. The molecule has 5 N–H and O–H groups in total. The summed E-state index contributed by atoms with van der Waals surface area (Å²) in [5, 5.41) is 9.37. The van der Waals surface area contributed by atoms with Gasteiger partial charge in [0, 0.05) is 167 Å². The molecule has 25 nitrogen and oxygen atoms in total. The van der Waals surface area contributed by atoms with E-state index < -0.39 is 0 Å². The van der Waals surface area contributed by atoms with Crippen LogP contribution in [-0.2, 0) is 15.9 Å². The monoisotopic (exact) mass is 1360 g/mol. The van der Waals surface area contributed by atoms with E-state index in [1.165, 1.54) is 0 Å². The predicted molar refractivity (Wildman–Crippen MR) is 389 cm³/mol. The molecule has 9 aromatic heterocycles. The van der Waals surface area contributed by atoms with E-state index in [1.807, 2.05) is 137 Å². The number of amides is 3. The van der Waals surface area contributed by atoms with E-state index in [0.717, 1.165) is 168 Å². The molecule has 12 aromatic rings. The largest absolute Gasteiger partial charge is 0.493 e. The molecule has 0 radical (unpaired) electrons. The number of hydrogen-bond donors (Lipinski definition) is 5. The number of aromatic nitrogens is 12. The summed E-state index contributed by atoms with van der Waals surface area (Å²) in [6.45, 7) is 15.2. The molecule has 0 aliphatic carbocycles. The van der Waals surface area contributed by atoms with Gasteiger partial charge in [0.05, 0.1) is 66.0 Å². The summed E-state index contributed by atoms with van der Waals surface area (Å²) in [7, 11) is 5.46. The number of nitrogens with one attached hydrogen (secondary N) is 5. The first kappa shape index (κ1) is 68.2. The van der Waals surface area contributed by atoms with Crippen molar-refractivity contribution in [2.75, 3.05) is 124 Å². The number of nitrogens with zero attached hydrogens (tertiary/aromatic N) is 14. The molecule has 12 heterocycles. The van der Waals surface area contributed by atoms with Crippen molar-refractivity contribution < 1.29 is 28.6 Å². The van der Waals surface area contributed by atoms with E-state index in [1.54, 1.807) is 56.2 Å². The van der Waals surface area contributed by atoms with Gasteiger partial charge in [0.25, 0.3) is 17.7 Å². The van der Waals surface area contributed by atoms with E-state index in [0.29, 0.717) is 61.0 Å². The molecule has 3 amide bonds. The molecular formula is C76H81N19O6. The summed E-state index contributed by atoms with van der Waals surface area (Å²) >= 11 is 0. The average molecular weight is 1360 g/mol. The molecule has 3 fully saturated rings. The molecule has 3 saturated heterocycles. The third-order valence-electron chi connectivity index (χ3n) is 18.3. The summed E-state index contributed by atoms with van der Waals surface area (Å²) in [5.74, 6) is 2.49. The topological polar surface area (TPSA) is 283 Å². The maximum absolute atomic E-state index is 13.0. The third kappa shape index (κ3) is 16.9. The molecule has 25 heteroatoms. The predicted octanol–water partition coefficient (Wildman–Crippen LogP) is 10.8. The van der Waals surface area contributed by atoms with Gasteiger partial charge in [0.15, 0.2) is 0 Å². The smallest absolute Gasteiger partial charge is 0.270 e. The number of benzene rings is 3. The Labute approximate surface area is 584 Å². The summed E-state index contributed by atoms with van der Waals surface area (Å²) in [4.78, 5) is 98.5. The maximum Gasteiger partial charge on any atom is 0.270 e. The second kappa shape index (κ2) is 31.6. The Kier molecular flexibility index (Phi) is 21.4. The van der Waals surface area contributed by atoms with Crippen LogP contribution in [-0.4, -0.2) is 215 Å². The van der Waals surface area contributed by atoms with Crippen molar-refractivity contribution in [3.63, 3.8) is 0 Å². The number of piperazine rings is 2. The van der Waals surface area contributed by atoms with Crippen LogP contribution in [0.3, 0.4) is 0 Å². The van der Waals surface area contributed by atoms with E-state index in [-0.39, 0.29) is 23.1 Å². The maximum atomic E-state index is 13.0. The fraction of sp³-hybridized carbons (Fsp3) is 0.289. The highest BCUT2D eigenvalue weighted by atomic mass is 16.5. The highest BCUT2D eigenvalue weighted by Crippen LogP contribution is 2.33. The van der Waals surface area contributed by atoms with E-state index in [4.69, 9.17) is 19.2 Å². The van der Waals surface area contributed by atoms with Crippen LogP contribution in [0.15, 0.2) is 177 Å². The van der Waals surface area contributed by atoms with Crippen LogP contribution < -0.4 is 15.4 Å². The van der Waals surface area contributed by atoms with Crippen LogP contribution in [0.25, 0.3) is 66.9 Å². The van der Waals surface area contributed by atoms with E-state index in [2.05, 4.69) is 108 Å². The molecule has 0 unspecified atom stereocenters. The zero-order chi connectivity index (χ0) is 69.7. The molecule has 15 rings (SSSR count). The first-order chi connectivity index (χ1) is 49.3. The average Bonchev–Trinajstić information content (AvgIpc) is 1.73. The Hall–Kier alpha value is -11.4. The molecule has 3 aromatic carbocycles. The van der Waals surface area contributed by atoms with Crippen LogP contribution in [0.4, 0.5) is 23.3 Å². The second-order valence-corrected chi connectivity index (χ2v) is 25.4. The highest BCUT2D eigenvalue weighted by Gasteiger charge is 2.38.